The number of hydrogen-bond donors (Lipinski definition) is 0. The summed E-state index contributed by atoms with van der Waals surface area (Å²) in [6.07, 6.45) is 1.08. The van der Waals surface area contributed by atoms with Crippen LogP contribution in [0.4, 0.5) is 0 Å². The van der Waals surface area contributed by atoms with Crippen LogP contribution >= 0.6 is 0 Å². The number of Topliss-reactive ketones (excluding diaryl/α,β-unsaturated/α-hetero) is 1. The van der Waals surface area contributed by atoms with Crippen LogP contribution in [0.1, 0.15) is 22.9 Å². The van der Waals surface area contributed by atoms with Crippen LogP contribution in [-0.4, -0.2) is 23.8 Å². The van der Waals surface area contributed by atoms with E-state index in [1.54, 1.807) is 6.92 Å². The molecule has 0 bridgehead atoms. The van der Waals surface area contributed by atoms with E-state index in [4.69, 9.17) is 4.42 Å². The molecule has 5 heteroatoms. The maximum Gasteiger partial charge on any atom is 0.313 e. The third-order valence-corrected chi connectivity index (χ3v) is 1.39. The van der Waals surface area contributed by atoms with Crippen LogP contribution in [0.3, 0.4) is 0 Å². The van der Waals surface area contributed by atoms with Gasteiger partial charge in [-0.2, -0.15) is 0 Å². The van der Waals surface area contributed by atoms with Crippen molar-refractivity contribution in [2.24, 2.45) is 0 Å². The molecule has 1 aromatic heterocycles. The van der Waals surface area contributed by atoms with Crippen molar-refractivity contribution in [1.82, 2.24) is 4.98 Å². The van der Waals surface area contributed by atoms with Gasteiger partial charge in [-0.3, -0.25) is 9.59 Å². The van der Waals surface area contributed by atoms with Gasteiger partial charge in [0.25, 0.3) is 5.89 Å². The first-order chi connectivity index (χ1) is 6.13. The minimum atomic E-state index is -0.596. The Bertz CT molecular complexity index is 329. The zero-order valence-corrected chi connectivity index (χ0v) is 7.36. The molecule has 0 aromatic carbocycles. The molecule has 0 N–H and O–H groups in total. The van der Waals surface area contributed by atoms with Gasteiger partial charge in [0.05, 0.1) is 13.3 Å². The molecule has 0 fully saturated rings. The molecular weight excluding hydrogens is 174 g/mol. The third-order valence-electron chi connectivity index (χ3n) is 1.39. The van der Waals surface area contributed by atoms with Crippen LogP contribution in [0, 0.1) is 6.92 Å². The second kappa shape index (κ2) is 3.84. The number of esters is 1. The Morgan fingerprint density at radius 2 is 2.31 bits per heavy atom. The lowest BCUT2D eigenvalue weighted by Crippen LogP contribution is -2.09. The molecule has 0 radical (unpaired) electrons. The minimum Gasteiger partial charge on any atom is -0.469 e. The number of oxazole rings is 1. The normalized spacial score (nSPS) is 9.69. The van der Waals surface area contributed by atoms with Crippen LogP contribution in [0.2, 0.25) is 0 Å². The Balaban J connectivity index is 2.64. The summed E-state index contributed by atoms with van der Waals surface area (Å²) in [6.45, 7) is 1.67. The number of carbonyl (C=O) groups excluding carboxylic acids is 2. The number of carbonyl (C=O) groups is 2. The van der Waals surface area contributed by atoms with Gasteiger partial charge in [0, 0.05) is 0 Å². The van der Waals surface area contributed by atoms with Gasteiger partial charge in [-0.25, -0.2) is 4.98 Å². The summed E-state index contributed by atoms with van der Waals surface area (Å²) in [5.74, 6) is -0.586. The fraction of sp³-hybridized carbons (Fsp3) is 0.375. The average molecular weight is 183 g/mol. The molecule has 0 spiro atoms. The molecule has 0 aliphatic heterocycles. The van der Waals surface area contributed by atoms with Gasteiger partial charge < -0.3 is 9.15 Å². The monoisotopic (exact) mass is 183 g/mol. The molecular formula is C8H9NO4. The lowest BCUT2D eigenvalue weighted by Gasteiger charge is -1.94. The summed E-state index contributed by atoms with van der Waals surface area (Å²) >= 11 is 0. The molecule has 0 saturated heterocycles. The summed E-state index contributed by atoms with van der Waals surface area (Å²) in [4.78, 5) is 25.5. The molecule has 0 atom stereocenters. The van der Waals surface area contributed by atoms with Crippen LogP contribution < -0.4 is 0 Å². The maximum atomic E-state index is 11.2. The molecule has 0 saturated carbocycles. The highest BCUT2D eigenvalue weighted by Crippen LogP contribution is 2.04. The predicted octanol–water partition coefficient (Wildman–Crippen LogP) is 0.729. The SMILES string of the molecule is COC(=O)CC(=O)c1ncc(C)o1. The molecule has 1 rings (SSSR count). The Labute approximate surface area is 74.7 Å². The average Bonchev–Trinajstić information content (AvgIpc) is 2.51. The summed E-state index contributed by atoms with van der Waals surface area (Å²) in [6, 6.07) is 0. The van der Waals surface area contributed by atoms with Crippen molar-refractivity contribution in [3.8, 4) is 0 Å². The largest absolute Gasteiger partial charge is 0.469 e. The highest BCUT2D eigenvalue weighted by molar-refractivity contribution is 6.03. The van der Waals surface area contributed by atoms with Crippen molar-refractivity contribution in [3.63, 3.8) is 0 Å². The number of aromatic nitrogens is 1. The highest BCUT2D eigenvalue weighted by atomic mass is 16.5. The molecule has 13 heavy (non-hydrogen) atoms. The molecule has 70 valence electrons. The summed E-state index contributed by atoms with van der Waals surface area (Å²) in [5, 5.41) is 0. The summed E-state index contributed by atoms with van der Waals surface area (Å²) < 4.78 is 9.24. The van der Waals surface area contributed by atoms with Crippen LogP contribution in [0.15, 0.2) is 10.6 Å². The number of ether oxygens (including phenoxy) is 1. The van der Waals surface area contributed by atoms with E-state index < -0.39 is 11.8 Å². The molecule has 1 heterocycles. The second-order valence-corrected chi connectivity index (χ2v) is 2.45. The lowest BCUT2D eigenvalue weighted by molar-refractivity contribution is -0.139. The zero-order valence-electron chi connectivity index (χ0n) is 7.36. The number of methoxy groups -OCH3 is 1. The minimum absolute atomic E-state index is 0.0529. The van der Waals surface area contributed by atoms with Crippen molar-refractivity contribution >= 4 is 11.8 Å². The van der Waals surface area contributed by atoms with E-state index in [9.17, 15) is 9.59 Å². The van der Waals surface area contributed by atoms with E-state index in [-0.39, 0.29) is 12.3 Å². The van der Waals surface area contributed by atoms with Crippen molar-refractivity contribution in [3.05, 3.63) is 17.8 Å². The van der Waals surface area contributed by atoms with Gasteiger partial charge in [0.15, 0.2) is 0 Å². The van der Waals surface area contributed by atoms with Gasteiger partial charge in [0.2, 0.25) is 5.78 Å². The lowest BCUT2D eigenvalue weighted by atomic mass is 10.3. The fourth-order valence-electron chi connectivity index (χ4n) is 0.763. The molecule has 0 amide bonds. The molecule has 5 nitrogen and oxygen atoms in total. The van der Waals surface area contributed by atoms with Crippen LogP contribution in [0.5, 0.6) is 0 Å². The molecule has 0 aliphatic carbocycles. The van der Waals surface area contributed by atoms with Crippen LogP contribution in [0.25, 0.3) is 0 Å². The van der Waals surface area contributed by atoms with E-state index >= 15 is 0 Å². The Hall–Kier alpha value is -1.65. The Morgan fingerprint density at radius 3 is 2.77 bits per heavy atom. The zero-order chi connectivity index (χ0) is 9.84. The maximum absolute atomic E-state index is 11.2. The molecule has 1 aromatic rings. The van der Waals surface area contributed by atoms with Gasteiger partial charge in [-0.05, 0) is 6.92 Å². The predicted molar refractivity (Wildman–Crippen MR) is 42.2 cm³/mol. The third kappa shape index (κ3) is 2.40. The first-order valence-corrected chi connectivity index (χ1v) is 3.66. The Morgan fingerprint density at radius 1 is 1.62 bits per heavy atom. The van der Waals surface area contributed by atoms with Crippen molar-refractivity contribution in [2.75, 3.05) is 7.11 Å². The number of hydrogen-bond acceptors (Lipinski definition) is 5. The topological polar surface area (TPSA) is 69.4 Å². The van der Waals surface area contributed by atoms with Gasteiger partial charge in [-0.1, -0.05) is 0 Å². The van der Waals surface area contributed by atoms with Crippen molar-refractivity contribution < 1.29 is 18.7 Å². The summed E-state index contributed by atoms with van der Waals surface area (Å²) in [5.41, 5.74) is 0. The van der Waals surface area contributed by atoms with E-state index in [2.05, 4.69) is 9.72 Å². The number of rotatable bonds is 3. The Kier molecular flexibility index (Phi) is 2.79. The second-order valence-electron chi connectivity index (χ2n) is 2.45. The highest BCUT2D eigenvalue weighted by Gasteiger charge is 2.16. The number of ketones is 1. The molecule has 0 unspecified atom stereocenters. The quantitative estimate of drug-likeness (QED) is 0.392. The number of aryl methyl sites for hydroxylation is 1. The van der Waals surface area contributed by atoms with E-state index in [1.165, 1.54) is 13.3 Å². The first-order valence-electron chi connectivity index (χ1n) is 3.66. The van der Waals surface area contributed by atoms with Crippen molar-refractivity contribution in [2.45, 2.75) is 13.3 Å². The van der Waals surface area contributed by atoms with Gasteiger partial charge >= 0.3 is 5.97 Å². The van der Waals surface area contributed by atoms with E-state index in [1.807, 2.05) is 0 Å². The number of nitrogens with zero attached hydrogens (tertiary/aromatic N) is 1. The first kappa shape index (κ1) is 9.44. The van der Waals surface area contributed by atoms with Crippen LogP contribution in [-0.2, 0) is 9.53 Å². The van der Waals surface area contributed by atoms with E-state index in [0.29, 0.717) is 5.76 Å². The van der Waals surface area contributed by atoms with Gasteiger partial charge in [0.1, 0.15) is 12.2 Å². The fourth-order valence-corrected chi connectivity index (χ4v) is 0.763. The molecule has 0 aliphatic rings. The van der Waals surface area contributed by atoms with Gasteiger partial charge in [-0.15, -0.1) is 0 Å². The van der Waals surface area contributed by atoms with Crippen molar-refractivity contribution in [1.29, 1.82) is 0 Å². The summed E-state index contributed by atoms with van der Waals surface area (Å²) in [7, 11) is 1.22. The van der Waals surface area contributed by atoms with E-state index in [0.717, 1.165) is 0 Å². The smallest absolute Gasteiger partial charge is 0.313 e. The standard InChI is InChI=1S/C8H9NO4/c1-5-4-9-8(13-5)6(10)3-7(11)12-2/h4H,3H2,1-2H3.